The van der Waals surface area contributed by atoms with E-state index in [1.54, 1.807) is 12.1 Å². The van der Waals surface area contributed by atoms with E-state index in [-0.39, 0.29) is 5.75 Å². The lowest BCUT2D eigenvalue weighted by molar-refractivity contribution is 0.476. The Morgan fingerprint density at radius 3 is 2.84 bits per heavy atom. The number of rotatable bonds is 4. The first-order valence-corrected chi connectivity index (χ1v) is 8.28. The minimum absolute atomic E-state index is 0.0619. The van der Waals surface area contributed by atoms with Crippen molar-refractivity contribution >= 4 is 11.8 Å². The Hall–Kier alpha value is -2.85. The minimum atomic E-state index is 0.0619. The van der Waals surface area contributed by atoms with Crippen LogP contribution in [0.4, 0.5) is 11.8 Å². The van der Waals surface area contributed by atoms with E-state index in [9.17, 15) is 5.11 Å². The van der Waals surface area contributed by atoms with Crippen molar-refractivity contribution < 1.29 is 5.11 Å². The van der Waals surface area contributed by atoms with E-state index >= 15 is 0 Å². The molecule has 1 atom stereocenters. The Balaban J connectivity index is 1.93. The predicted octanol–water partition coefficient (Wildman–Crippen LogP) is 1.46. The first kappa shape index (κ1) is 17.0. The minimum Gasteiger partial charge on any atom is -0.507 e. The summed E-state index contributed by atoms with van der Waals surface area (Å²) >= 11 is 0. The van der Waals surface area contributed by atoms with Crippen LogP contribution < -0.4 is 15.5 Å². The van der Waals surface area contributed by atoms with Gasteiger partial charge in [-0.1, -0.05) is 5.92 Å². The molecule has 1 unspecified atom stereocenters. The van der Waals surface area contributed by atoms with Gasteiger partial charge in [0, 0.05) is 37.8 Å². The molecule has 1 fully saturated rings. The van der Waals surface area contributed by atoms with Crippen LogP contribution >= 0.6 is 0 Å². The molecule has 3 N–H and O–H groups in total. The molecule has 3 rings (SSSR count). The fourth-order valence-corrected chi connectivity index (χ4v) is 2.84. The molecular formula is C18H22N6O. The second kappa shape index (κ2) is 7.36. The number of phenolic OH excluding ortho intramolecular Hbond substituents is 1. The van der Waals surface area contributed by atoms with Gasteiger partial charge in [0.15, 0.2) is 5.82 Å². The summed E-state index contributed by atoms with van der Waals surface area (Å²) in [4.78, 5) is 6.44. The lowest BCUT2D eigenvalue weighted by Crippen LogP contribution is -2.39. The fourth-order valence-electron chi connectivity index (χ4n) is 2.84. The van der Waals surface area contributed by atoms with Crippen molar-refractivity contribution in [1.82, 2.24) is 20.5 Å². The number of phenols is 1. The van der Waals surface area contributed by atoms with Crippen LogP contribution in [0.3, 0.4) is 0 Å². The summed E-state index contributed by atoms with van der Waals surface area (Å²) in [5.41, 5.74) is 1.67. The van der Waals surface area contributed by atoms with Crippen LogP contribution in [0.5, 0.6) is 5.75 Å². The van der Waals surface area contributed by atoms with Gasteiger partial charge in [-0.15, -0.1) is 16.6 Å². The van der Waals surface area contributed by atoms with Crippen molar-refractivity contribution in [3.05, 3.63) is 23.8 Å². The predicted molar refractivity (Wildman–Crippen MR) is 98.7 cm³/mol. The Bertz CT molecular complexity index is 793. The largest absolute Gasteiger partial charge is 0.507 e. The summed E-state index contributed by atoms with van der Waals surface area (Å²) < 4.78 is 0. The van der Waals surface area contributed by atoms with Crippen LogP contribution in [0.1, 0.15) is 18.4 Å². The summed E-state index contributed by atoms with van der Waals surface area (Å²) in [5.74, 6) is 3.68. The van der Waals surface area contributed by atoms with Crippen LogP contribution in [-0.2, 0) is 0 Å². The zero-order chi connectivity index (χ0) is 17.8. The highest BCUT2D eigenvalue weighted by molar-refractivity contribution is 5.77. The lowest BCUT2D eigenvalue weighted by Gasteiger charge is -2.24. The summed E-state index contributed by atoms with van der Waals surface area (Å²) in [5, 5.41) is 25.5. The molecule has 1 saturated heterocycles. The second-order valence-corrected chi connectivity index (χ2v) is 6.27. The highest BCUT2D eigenvalue weighted by atomic mass is 16.3. The van der Waals surface area contributed by atoms with Crippen LogP contribution in [0.15, 0.2) is 18.2 Å². The molecule has 2 aromatic rings. The summed E-state index contributed by atoms with van der Waals surface area (Å²) in [6, 6.07) is 5.33. The third kappa shape index (κ3) is 3.80. The molecule has 1 aromatic carbocycles. The van der Waals surface area contributed by atoms with Gasteiger partial charge in [0.05, 0.1) is 0 Å². The average Bonchev–Trinajstić information content (AvgIpc) is 2.62. The number of anilines is 2. The summed E-state index contributed by atoms with van der Waals surface area (Å²) in [6.07, 6.45) is 7.57. The molecule has 0 spiro atoms. The third-order valence-electron chi connectivity index (χ3n) is 4.14. The van der Waals surface area contributed by atoms with Crippen molar-refractivity contribution in [2.45, 2.75) is 18.9 Å². The van der Waals surface area contributed by atoms with Gasteiger partial charge >= 0.3 is 0 Å². The third-order valence-corrected chi connectivity index (χ3v) is 4.14. The zero-order valence-corrected chi connectivity index (χ0v) is 14.5. The molecule has 7 heteroatoms. The highest BCUT2D eigenvalue weighted by Gasteiger charge is 2.19. The van der Waals surface area contributed by atoms with Crippen LogP contribution in [-0.4, -0.2) is 53.5 Å². The van der Waals surface area contributed by atoms with Gasteiger partial charge in [-0.3, -0.25) is 0 Å². The molecule has 0 aliphatic carbocycles. The highest BCUT2D eigenvalue weighted by Crippen LogP contribution is 2.33. The molecule has 25 heavy (non-hydrogen) atoms. The molecule has 7 nitrogen and oxygen atoms in total. The maximum atomic E-state index is 10.3. The second-order valence-electron chi connectivity index (χ2n) is 6.27. The van der Waals surface area contributed by atoms with E-state index in [1.165, 1.54) is 6.07 Å². The number of piperidine rings is 1. The van der Waals surface area contributed by atoms with Crippen LogP contribution in [0, 0.1) is 12.3 Å². The summed E-state index contributed by atoms with van der Waals surface area (Å²) in [6.45, 7) is 1.93. The molecule has 0 bridgehead atoms. The molecule has 0 saturated carbocycles. The maximum absolute atomic E-state index is 10.3. The van der Waals surface area contributed by atoms with Crippen molar-refractivity contribution in [3.8, 4) is 29.4 Å². The van der Waals surface area contributed by atoms with Gasteiger partial charge in [0.2, 0.25) is 5.95 Å². The lowest BCUT2D eigenvalue weighted by atomic mass is 10.1. The maximum Gasteiger partial charge on any atom is 0.245 e. The Kier molecular flexibility index (Phi) is 5.00. The number of aromatic nitrogens is 3. The quantitative estimate of drug-likeness (QED) is 0.728. The number of hydrogen-bond donors (Lipinski definition) is 3. The van der Waals surface area contributed by atoms with Crippen molar-refractivity contribution in [1.29, 1.82) is 0 Å². The fraction of sp³-hybridized carbons (Fsp3) is 0.389. The molecule has 1 aliphatic rings. The number of terminal acetylenes is 1. The monoisotopic (exact) mass is 338 g/mol. The van der Waals surface area contributed by atoms with Crippen molar-refractivity contribution in [3.63, 3.8) is 0 Å². The van der Waals surface area contributed by atoms with Crippen LogP contribution in [0.2, 0.25) is 0 Å². The van der Waals surface area contributed by atoms with E-state index in [0.29, 0.717) is 34.6 Å². The van der Waals surface area contributed by atoms with E-state index < -0.39 is 0 Å². The normalized spacial score (nSPS) is 16.9. The van der Waals surface area contributed by atoms with Crippen molar-refractivity contribution in [2.24, 2.45) is 0 Å². The Morgan fingerprint density at radius 1 is 1.36 bits per heavy atom. The molecule has 2 heterocycles. The van der Waals surface area contributed by atoms with E-state index in [2.05, 4.69) is 31.7 Å². The molecule has 0 radical (unpaired) electrons. The molecule has 130 valence electrons. The zero-order valence-electron chi connectivity index (χ0n) is 14.5. The van der Waals surface area contributed by atoms with E-state index in [0.717, 1.165) is 25.9 Å². The van der Waals surface area contributed by atoms with Gasteiger partial charge < -0.3 is 20.6 Å². The average molecular weight is 338 g/mol. The van der Waals surface area contributed by atoms with E-state index in [4.69, 9.17) is 6.42 Å². The number of hydrogen-bond acceptors (Lipinski definition) is 7. The Morgan fingerprint density at radius 2 is 2.20 bits per heavy atom. The van der Waals surface area contributed by atoms with Gasteiger partial charge in [-0.05, 0) is 37.6 Å². The number of aromatic hydroxyl groups is 1. The van der Waals surface area contributed by atoms with E-state index in [1.807, 2.05) is 19.0 Å². The van der Waals surface area contributed by atoms with Gasteiger partial charge in [0.1, 0.15) is 11.4 Å². The SMILES string of the molecule is C#Cc1ccc(-c2nnc(NC3CCCNC3)nc2N(C)C)c(O)c1. The molecule has 0 amide bonds. The first-order chi connectivity index (χ1) is 12.1. The molecule has 1 aromatic heterocycles. The summed E-state index contributed by atoms with van der Waals surface area (Å²) in [7, 11) is 3.76. The van der Waals surface area contributed by atoms with Gasteiger partial charge in [-0.2, -0.15) is 4.98 Å². The molecule has 1 aliphatic heterocycles. The standard InChI is InChI=1S/C18H22N6O/c1-4-12-7-8-14(15(25)10-12)16-17(24(2)3)21-18(23-22-16)20-13-6-5-9-19-11-13/h1,7-8,10,13,19,25H,5-6,9,11H2,2-3H3,(H,20,21,23). The van der Waals surface area contributed by atoms with Crippen molar-refractivity contribution in [2.75, 3.05) is 37.4 Å². The number of nitrogens with one attached hydrogen (secondary N) is 2. The Labute approximate surface area is 147 Å². The smallest absolute Gasteiger partial charge is 0.245 e. The number of benzene rings is 1. The molecular weight excluding hydrogens is 316 g/mol. The number of nitrogens with zero attached hydrogens (tertiary/aromatic N) is 4. The topological polar surface area (TPSA) is 86.2 Å². The van der Waals surface area contributed by atoms with Crippen LogP contribution in [0.25, 0.3) is 11.3 Å². The van der Waals surface area contributed by atoms with Gasteiger partial charge in [-0.25, -0.2) is 0 Å². The van der Waals surface area contributed by atoms with Gasteiger partial charge in [0.25, 0.3) is 0 Å². The first-order valence-electron chi connectivity index (χ1n) is 8.28.